The molecule has 1 saturated heterocycles. The van der Waals surface area contributed by atoms with Crippen LogP contribution in [-0.4, -0.2) is 12.6 Å². The molecule has 12 heavy (non-hydrogen) atoms. The monoisotopic (exact) mass is 166 g/mol. The summed E-state index contributed by atoms with van der Waals surface area (Å²) in [5.74, 6) is 1.15. The first kappa shape index (κ1) is 7.40. The highest BCUT2D eigenvalue weighted by Crippen LogP contribution is 2.19. The summed E-state index contributed by atoms with van der Waals surface area (Å²) in [7, 11) is 0. The molecule has 0 aromatic carbocycles. The Balaban J connectivity index is 1.92. The second-order valence-corrected chi connectivity index (χ2v) is 3.04. The van der Waals surface area contributed by atoms with Gasteiger partial charge in [0.2, 0.25) is 0 Å². The summed E-state index contributed by atoms with van der Waals surface area (Å²) in [5, 5.41) is 0. The van der Waals surface area contributed by atoms with Crippen LogP contribution in [0.4, 0.5) is 0 Å². The zero-order valence-corrected chi connectivity index (χ0v) is 6.66. The van der Waals surface area contributed by atoms with Gasteiger partial charge in [-0.25, -0.2) is 0 Å². The molecular formula is C9H10O3. The number of cyclic esters (lactones) is 1. The van der Waals surface area contributed by atoms with Crippen molar-refractivity contribution < 1.29 is 13.9 Å². The molecule has 1 atom stereocenters. The number of carbonyl (C=O) groups is 1. The molecule has 1 fully saturated rings. The van der Waals surface area contributed by atoms with Crippen molar-refractivity contribution in [1.82, 2.24) is 0 Å². The average molecular weight is 166 g/mol. The van der Waals surface area contributed by atoms with Crippen LogP contribution >= 0.6 is 0 Å². The minimum atomic E-state index is -0.0912. The average Bonchev–Trinajstić information content (AvgIpc) is 2.63. The maximum atomic E-state index is 10.7. The topological polar surface area (TPSA) is 39.4 Å². The number of esters is 1. The van der Waals surface area contributed by atoms with Gasteiger partial charge >= 0.3 is 5.97 Å². The summed E-state index contributed by atoms with van der Waals surface area (Å²) >= 11 is 0. The van der Waals surface area contributed by atoms with Crippen molar-refractivity contribution in [3.8, 4) is 0 Å². The van der Waals surface area contributed by atoms with Crippen LogP contribution in [0.3, 0.4) is 0 Å². The van der Waals surface area contributed by atoms with Gasteiger partial charge in [0.1, 0.15) is 5.76 Å². The highest BCUT2D eigenvalue weighted by molar-refractivity contribution is 5.71. The summed E-state index contributed by atoms with van der Waals surface area (Å²) in [5.41, 5.74) is 0. The van der Waals surface area contributed by atoms with Crippen LogP contribution in [-0.2, 0) is 16.0 Å². The summed E-state index contributed by atoms with van der Waals surface area (Å²) < 4.78 is 10.00. The zero-order chi connectivity index (χ0) is 8.39. The maximum Gasteiger partial charge on any atom is 0.306 e. The number of carbonyl (C=O) groups excluding carboxylic acids is 1. The van der Waals surface area contributed by atoms with E-state index in [9.17, 15) is 4.79 Å². The molecule has 64 valence electrons. The van der Waals surface area contributed by atoms with Crippen LogP contribution in [0.5, 0.6) is 0 Å². The first-order valence-corrected chi connectivity index (χ1v) is 4.02. The molecule has 0 amide bonds. The molecule has 1 aromatic rings. The molecule has 0 bridgehead atoms. The van der Waals surface area contributed by atoms with Crippen LogP contribution in [0.1, 0.15) is 12.2 Å². The lowest BCUT2D eigenvalue weighted by molar-refractivity contribution is -0.137. The van der Waals surface area contributed by atoms with Crippen molar-refractivity contribution in [2.75, 3.05) is 6.61 Å². The van der Waals surface area contributed by atoms with Gasteiger partial charge in [-0.05, 0) is 12.1 Å². The van der Waals surface area contributed by atoms with Crippen LogP contribution < -0.4 is 0 Å². The van der Waals surface area contributed by atoms with Gasteiger partial charge in [-0.1, -0.05) is 0 Å². The van der Waals surface area contributed by atoms with E-state index in [4.69, 9.17) is 9.15 Å². The van der Waals surface area contributed by atoms with Crippen molar-refractivity contribution >= 4 is 5.97 Å². The van der Waals surface area contributed by atoms with E-state index in [1.165, 1.54) is 0 Å². The van der Waals surface area contributed by atoms with Gasteiger partial charge in [0.15, 0.2) is 0 Å². The number of furan rings is 1. The molecular weight excluding hydrogens is 156 g/mol. The Hall–Kier alpha value is -1.25. The molecule has 0 N–H and O–H groups in total. The zero-order valence-electron chi connectivity index (χ0n) is 6.66. The lowest BCUT2D eigenvalue weighted by atomic mass is 10.0. The van der Waals surface area contributed by atoms with E-state index < -0.39 is 0 Å². The van der Waals surface area contributed by atoms with Gasteiger partial charge in [0.05, 0.1) is 19.3 Å². The second kappa shape index (κ2) is 3.01. The normalized spacial score (nSPS) is 22.7. The Morgan fingerprint density at radius 1 is 1.58 bits per heavy atom. The van der Waals surface area contributed by atoms with Gasteiger partial charge in [0, 0.05) is 12.3 Å². The minimum absolute atomic E-state index is 0.0912. The summed E-state index contributed by atoms with van der Waals surface area (Å²) in [6.45, 7) is 0.541. The molecule has 1 aromatic heterocycles. The number of hydrogen-bond donors (Lipinski definition) is 0. The highest BCUT2D eigenvalue weighted by Gasteiger charge is 2.24. The van der Waals surface area contributed by atoms with E-state index in [2.05, 4.69) is 0 Å². The van der Waals surface area contributed by atoms with Gasteiger partial charge in [-0.2, -0.15) is 0 Å². The van der Waals surface area contributed by atoms with Crippen molar-refractivity contribution in [3.05, 3.63) is 24.2 Å². The van der Waals surface area contributed by atoms with Crippen LogP contribution in [0.25, 0.3) is 0 Å². The molecule has 0 aliphatic carbocycles. The van der Waals surface area contributed by atoms with E-state index in [0.717, 1.165) is 12.2 Å². The van der Waals surface area contributed by atoms with Gasteiger partial charge in [-0.3, -0.25) is 4.79 Å². The number of hydrogen-bond acceptors (Lipinski definition) is 3. The molecule has 3 heteroatoms. The number of rotatable bonds is 2. The van der Waals surface area contributed by atoms with Gasteiger partial charge in [-0.15, -0.1) is 0 Å². The third-order valence-electron chi connectivity index (χ3n) is 2.01. The standard InChI is InChI=1S/C9H10O3/c10-9-5-7(6-12-9)4-8-2-1-3-11-8/h1-3,7H,4-6H2. The van der Waals surface area contributed by atoms with E-state index in [1.54, 1.807) is 6.26 Å². The lowest BCUT2D eigenvalue weighted by Crippen LogP contribution is -2.02. The smallest absolute Gasteiger partial charge is 0.306 e. The molecule has 2 rings (SSSR count). The molecule has 1 aliphatic heterocycles. The minimum Gasteiger partial charge on any atom is -0.469 e. The fourth-order valence-electron chi connectivity index (χ4n) is 1.41. The van der Waals surface area contributed by atoms with Gasteiger partial charge in [0.25, 0.3) is 0 Å². The summed E-state index contributed by atoms with van der Waals surface area (Å²) in [6, 6.07) is 3.77. The third-order valence-corrected chi connectivity index (χ3v) is 2.01. The first-order valence-electron chi connectivity index (χ1n) is 4.02. The van der Waals surface area contributed by atoms with Crippen LogP contribution in [0, 0.1) is 5.92 Å². The van der Waals surface area contributed by atoms with E-state index >= 15 is 0 Å². The van der Waals surface area contributed by atoms with Crippen molar-refractivity contribution in [2.24, 2.45) is 5.92 Å². The van der Waals surface area contributed by atoms with E-state index in [-0.39, 0.29) is 5.97 Å². The Morgan fingerprint density at radius 3 is 3.08 bits per heavy atom. The predicted molar refractivity (Wildman–Crippen MR) is 41.5 cm³/mol. The predicted octanol–water partition coefficient (Wildman–Crippen LogP) is 1.39. The second-order valence-electron chi connectivity index (χ2n) is 3.04. The number of ether oxygens (including phenoxy) is 1. The Morgan fingerprint density at radius 2 is 2.50 bits per heavy atom. The Bertz CT molecular complexity index is 263. The first-order chi connectivity index (χ1) is 5.84. The van der Waals surface area contributed by atoms with Gasteiger partial charge < -0.3 is 9.15 Å². The summed E-state index contributed by atoms with van der Waals surface area (Å²) in [6.07, 6.45) is 2.98. The third kappa shape index (κ3) is 1.49. The Kier molecular flexibility index (Phi) is 1.86. The van der Waals surface area contributed by atoms with E-state index in [0.29, 0.717) is 18.9 Å². The molecule has 1 unspecified atom stereocenters. The van der Waals surface area contributed by atoms with Crippen molar-refractivity contribution in [3.63, 3.8) is 0 Å². The Labute approximate surface area is 70.3 Å². The molecule has 2 heterocycles. The molecule has 3 nitrogen and oxygen atoms in total. The van der Waals surface area contributed by atoms with Crippen LogP contribution in [0.15, 0.2) is 22.8 Å². The molecule has 0 saturated carbocycles. The quantitative estimate of drug-likeness (QED) is 0.623. The van der Waals surface area contributed by atoms with Crippen molar-refractivity contribution in [2.45, 2.75) is 12.8 Å². The van der Waals surface area contributed by atoms with E-state index in [1.807, 2.05) is 12.1 Å². The molecule has 1 aliphatic rings. The highest BCUT2D eigenvalue weighted by atomic mass is 16.5. The molecule has 0 spiro atoms. The van der Waals surface area contributed by atoms with Crippen LogP contribution in [0.2, 0.25) is 0 Å². The molecule has 0 radical (unpaired) electrons. The summed E-state index contributed by atoms with van der Waals surface area (Å²) in [4.78, 5) is 10.7. The maximum absolute atomic E-state index is 10.7. The lowest BCUT2D eigenvalue weighted by Gasteiger charge is -2.00. The fraction of sp³-hybridized carbons (Fsp3) is 0.444. The SMILES string of the molecule is O=C1CC(Cc2ccco2)CO1. The van der Waals surface area contributed by atoms with Crippen molar-refractivity contribution in [1.29, 1.82) is 0 Å². The largest absolute Gasteiger partial charge is 0.469 e. The fourth-order valence-corrected chi connectivity index (χ4v) is 1.41.